The summed E-state index contributed by atoms with van der Waals surface area (Å²) < 4.78 is 5.42. The molecular weight excluding hydrogens is 418 g/mol. The van der Waals surface area contributed by atoms with Gasteiger partial charge in [0.15, 0.2) is 0 Å². The van der Waals surface area contributed by atoms with Gasteiger partial charge in [-0.3, -0.25) is 14.4 Å². The summed E-state index contributed by atoms with van der Waals surface area (Å²) >= 11 is 0. The monoisotopic (exact) mass is 443 g/mol. The maximum atomic E-state index is 13.0. The summed E-state index contributed by atoms with van der Waals surface area (Å²) in [4.78, 5) is 41.9. The minimum absolute atomic E-state index is 0.209. The summed E-state index contributed by atoms with van der Waals surface area (Å²) in [7, 11) is 3.90. The van der Waals surface area contributed by atoms with Gasteiger partial charge >= 0.3 is 0 Å². The van der Waals surface area contributed by atoms with Crippen molar-refractivity contribution in [2.24, 2.45) is 0 Å². The van der Waals surface area contributed by atoms with Gasteiger partial charge in [0.05, 0.1) is 23.4 Å². The number of nitrogens with zero attached hydrogens (tertiary/aromatic N) is 2. The van der Waals surface area contributed by atoms with Crippen LogP contribution in [0.5, 0.6) is 5.75 Å². The molecule has 0 aliphatic carbocycles. The smallest absolute Gasteiger partial charge is 0.266 e. The maximum absolute atomic E-state index is 13.0. The Morgan fingerprint density at radius 2 is 1.64 bits per heavy atom. The van der Waals surface area contributed by atoms with Crippen LogP contribution in [-0.4, -0.2) is 38.4 Å². The molecule has 0 fully saturated rings. The third-order valence-electron chi connectivity index (χ3n) is 5.53. The van der Waals surface area contributed by atoms with Crippen molar-refractivity contribution in [3.8, 4) is 5.75 Å². The minimum Gasteiger partial charge on any atom is -0.494 e. The predicted octanol–water partition coefficient (Wildman–Crippen LogP) is 4.51. The van der Waals surface area contributed by atoms with Crippen molar-refractivity contribution >= 4 is 34.8 Å². The zero-order valence-electron chi connectivity index (χ0n) is 19.0. The Morgan fingerprint density at radius 1 is 0.939 bits per heavy atom. The van der Waals surface area contributed by atoms with Gasteiger partial charge in [-0.25, -0.2) is 4.90 Å². The van der Waals surface area contributed by atoms with Gasteiger partial charge in [-0.15, -0.1) is 0 Å². The van der Waals surface area contributed by atoms with E-state index < -0.39 is 11.8 Å². The largest absolute Gasteiger partial charge is 0.494 e. The summed E-state index contributed by atoms with van der Waals surface area (Å²) in [5.41, 5.74) is 3.87. The van der Waals surface area contributed by atoms with Crippen LogP contribution in [0.2, 0.25) is 0 Å². The molecule has 0 saturated heterocycles. The molecule has 33 heavy (non-hydrogen) atoms. The predicted molar refractivity (Wildman–Crippen MR) is 129 cm³/mol. The Kier molecular flexibility index (Phi) is 5.87. The molecule has 0 saturated carbocycles. The first-order valence-corrected chi connectivity index (χ1v) is 10.6. The van der Waals surface area contributed by atoms with Crippen molar-refractivity contribution in [2.75, 3.05) is 35.8 Å². The molecule has 0 aromatic heterocycles. The summed E-state index contributed by atoms with van der Waals surface area (Å²) in [5, 5.41) is 2.89. The average Bonchev–Trinajstić information content (AvgIpc) is 3.05. The lowest BCUT2D eigenvalue weighted by atomic mass is 10.0. The molecule has 3 amide bonds. The number of rotatable bonds is 6. The van der Waals surface area contributed by atoms with Crippen molar-refractivity contribution in [1.82, 2.24) is 0 Å². The lowest BCUT2D eigenvalue weighted by Crippen LogP contribution is -2.29. The molecule has 7 heteroatoms. The molecular formula is C26H25N3O4. The topological polar surface area (TPSA) is 79.0 Å². The number of hydrogen-bond acceptors (Lipinski definition) is 5. The van der Waals surface area contributed by atoms with E-state index in [-0.39, 0.29) is 17.0 Å². The molecule has 0 bridgehead atoms. The number of carbonyl (C=O) groups is 3. The van der Waals surface area contributed by atoms with E-state index in [1.54, 1.807) is 30.3 Å². The maximum Gasteiger partial charge on any atom is 0.266 e. The van der Waals surface area contributed by atoms with Crippen molar-refractivity contribution in [3.63, 3.8) is 0 Å². The van der Waals surface area contributed by atoms with Gasteiger partial charge in [-0.05, 0) is 80.1 Å². The van der Waals surface area contributed by atoms with Crippen molar-refractivity contribution < 1.29 is 19.1 Å². The number of ether oxygens (including phenoxy) is 1. The highest BCUT2D eigenvalue weighted by Gasteiger charge is 2.37. The van der Waals surface area contributed by atoms with Gasteiger partial charge in [0, 0.05) is 31.0 Å². The van der Waals surface area contributed by atoms with Crippen LogP contribution in [0.1, 0.15) is 43.6 Å². The van der Waals surface area contributed by atoms with Gasteiger partial charge in [0.1, 0.15) is 5.75 Å². The van der Waals surface area contributed by atoms with Gasteiger partial charge in [-0.2, -0.15) is 0 Å². The zero-order chi connectivity index (χ0) is 23.7. The number of anilines is 3. The molecule has 1 aliphatic heterocycles. The van der Waals surface area contributed by atoms with E-state index in [1.165, 1.54) is 12.1 Å². The van der Waals surface area contributed by atoms with E-state index >= 15 is 0 Å². The first-order valence-electron chi connectivity index (χ1n) is 10.6. The Hall–Kier alpha value is -4.13. The molecule has 0 spiro atoms. The van der Waals surface area contributed by atoms with Gasteiger partial charge in [0.2, 0.25) is 0 Å². The molecule has 3 aromatic rings. The van der Waals surface area contributed by atoms with E-state index in [0.29, 0.717) is 29.3 Å². The fourth-order valence-corrected chi connectivity index (χ4v) is 3.74. The number of hydrogen-bond donors (Lipinski definition) is 1. The quantitative estimate of drug-likeness (QED) is 0.567. The van der Waals surface area contributed by atoms with Gasteiger partial charge < -0.3 is 15.0 Å². The molecule has 3 aromatic carbocycles. The Bertz CT molecular complexity index is 1250. The summed E-state index contributed by atoms with van der Waals surface area (Å²) in [6.07, 6.45) is 0. The first kappa shape index (κ1) is 22.1. The number of fused-ring (bicyclic) bond motifs is 1. The van der Waals surface area contributed by atoms with Crippen LogP contribution in [0.4, 0.5) is 17.1 Å². The number of imide groups is 1. The van der Waals surface area contributed by atoms with Crippen LogP contribution < -0.4 is 19.9 Å². The molecule has 0 atom stereocenters. The number of aryl methyl sites for hydroxylation is 1. The SMILES string of the molecule is CCOc1ccc(N2C(=O)c3ccc(C(=O)Nc4ccc(N(C)C)cc4C)cc3C2=O)cc1. The Morgan fingerprint density at radius 3 is 2.27 bits per heavy atom. The van der Waals surface area contributed by atoms with Crippen molar-refractivity contribution in [2.45, 2.75) is 13.8 Å². The van der Waals surface area contributed by atoms with Crippen molar-refractivity contribution in [3.05, 3.63) is 82.9 Å². The van der Waals surface area contributed by atoms with E-state index in [1.807, 2.05) is 51.0 Å². The molecule has 1 N–H and O–H groups in total. The molecule has 168 valence electrons. The van der Waals surface area contributed by atoms with E-state index in [2.05, 4.69) is 5.32 Å². The van der Waals surface area contributed by atoms with Gasteiger partial charge in [-0.1, -0.05) is 0 Å². The summed E-state index contributed by atoms with van der Waals surface area (Å²) in [5.74, 6) is -0.564. The highest BCUT2D eigenvalue weighted by molar-refractivity contribution is 6.34. The van der Waals surface area contributed by atoms with E-state index in [0.717, 1.165) is 16.2 Å². The number of nitrogens with one attached hydrogen (secondary N) is 1. The summed E-state index contributed by atoms with van der Waals surface area (Å²) in [6.45, 7) is 4.32. The second-order valence-corrected chi connectivity index (χ2v) is 7.98. The highest BCUT2D eigenvalue weighted by Crippen LogP contribution is 2.30. The van der Waals surface area contributed by atoms with E-state index in [9.17, 15) is 14.4 Å². The second kappa shape index (κ2) is 8.78. The van der Waals surface area contributed by atoms with Crippen LogP contribution in [0.25, 0.3) is 0 Å². The first-order chi connectivity index (χ1) is 15.8. The number of benzene rings is 3. The van der Waals surface area contributed by atoms with Crippen LogP contribution >= 0.6 is 0 Å². The van der Waals surface area contributed by atoms with E-state index in [4.69, 9.17) is 4.74 Å². The molecule has 4 rings (SSSR count). The fourth-order valence-electron chi connectivity index (χ4n) is 3.74. The average molecular weight is 444 g/mol. The molecule has 0 radical (unpaired) electrons. The third kappa shape index (κ3) is 4.17. The lowest BCUT2D eigenvalue weighted by Gasteiger charge is -2.15. The minimum atomic E-state index is -0.458. The Labute approximate surface area is 192 Å². The second-order valence-electron chi connectivity index (χ2n) is 7.98. The Balaban J connectivity index is 1.57. The summed E-state index contributed by atoms with van der Waals surface area (Å²) in [6, 6.07) is 17.1. The normalized spacial score (nSPS) is 12.5. The number of amides is 3. The molecule has 0 unspecified atom stereocenters. The molecule has 7 nitrogen and oxygen atoms in total. The van der Waals surface area contributed by atoms with Crippen molar-refractivity contribution in [1.29, 1.82) is 0 Å². The standard InChI is InChI=1S/C26H25N3O4/c1-5-33-20-10-7-18(8-11-20)29-25(31)21-12-6-17(15-22(21)26(29)32)24(30)27-23-13-9-19(28(3)4)14-16(23)2/h6-15H,5H2,1-4H3,(H,27,30). The third-order valence-corrected chi connectivity index (χ3v) is 5.53. The van der Waals surface area contributed by atoms with Gasteiger partial charge in [0.25, 0.3) is 17.7 Å². The van der Waals surface area contributed by atoms with Crippen LogP contribution in [0.3, 0.4) is 0 Å². The lowest BCUT2D eigenvalue weighted by molar-refractivity contribution is 0.0925. The highest BCUT2D eigenvalue weighted by atomic mass is 16.5. The van der Waals surface area contributed by atoms with Crippen LogP contribution in [-0.2, 0) is 0 Å². The fraction of sp³-hybridized carbons (Fsp3) is 0.192. The molecule has 1 heterocycles. The number of carbonyl (C=O) groups excluding carboxylic acids is 3. The molecule has 1 aliphatic rings. The van der Waals surface area contributed by atoms with Crippen LogP contribution in [0, 0.1) is 6.92 Å². The van der Waals surface area contributed by atoms with Crippen LogP contribution in [0.15, 0.2) is 60.7 Å². The zero-order valence-corrected chi connectivity index (χ0v) is 19.0.